The molecule has 0 saturated carbocycles. The van der Waals surface area contributed by atoms with Gasteiger partial charge in [0, 0.05) is 25.0 Å². The third-order valence-electron chi connectivity index (χ3n) is 5.12. The maximum atomic E-state index is 13.5. The molecule has 2 atom stereocenters. The maximum Gasteiger partial charge on any atom is 0.159 e. The molecule has 7 heteroatoms. The van der Waals surface area contributed by atoms with Gasteiger partial charge in [0.05, 0.1) is 12.7 Å². The number of β-amino-alcohol motifs (C(OH)–C–C–N with tert-alkyl or cyclic N) is 1. The zero-order chi connectivity index (χ0) is 20.2. The van der Waals surface area contributed by atoms with Crippen molar-refractivity contribution in [2.45, 2.75) is 12.2 Å². The summed E-state index contributed by atoms with van der Waals surface area (Å²) in [5, 5.41) is 12.5. The lowest BCUT2D eigenvalue weighted by atomic mass is 10.1. The molecule has 4 rings (SSSR count). The van der Waals surface area contributed by atoms with Crippen LogP contribution in [0.5, 0.6) is 5.75 Å². The number of aliphatic hydroxyl groups excluding tert-OH is 1. The maximum absolute atomic E-state index is 13.5. The fraction of sp³-hybridized carbons (Fsp3) is 0.304. The van der Waals surface area contributed by atoms with E-state index in [2.05, 4.69) is 0 Å². The Balaban J connectivity index is 0.00000256. The number of nitrogens with zero attached hydrogens (tertiary/aromatic N) is 1. The molecule has 1 saturated heterocycles. The van der Waals surface area contributed by atoms with Crippen LogP contribution < -0.4 is 4.74 Å². The molecule has 0 spiro atoms. The molecule has 0 aromatic heterocycles. The summed E-state index contributed by atoms with van der Waals surface area (Å²) in [5.74, 6) is -1.02. The standard InChI is InChI=1S/C23H23F2NO3.ClH/c24-20-9-8-17(12-21(20)25)23-14-26(10-11-28-23)13-18(27)15-29-22-7-3-5-16-4-1-2-6-19(16)22;/h1-9,12,18,23,27H,10-11,13-15H2;1H. The molecular weight excluding hydrogens is 412 g/mol. The molecule has 3 aromatic rings. The predicted octanol–water partition coefficient (Wildman–Crippen LogP) is 4.35. The van der Waals surface area contributed by atoms with Crippen LogP contribution in [0.3, 0.4) is 0 Å². The second-order valence-electron chi connectivity index (χ2n) is 7.23. The minimum atomic E-state index is -0.883. The largest absolute Gasteiger partial charge is 0.490 e. The van der Waals surface area contributed by atoms with Crippen LogP contribution in [0, 0.1) is 11.6 Å². The van der Waals surface area contributed by atoms with E-state index in [4.69, 9.17) is 9.47 Å². The molecule has 1 aliphatic rings. The first-order chi connectivity index (χ1) is 14.1. The highest BCUT2D eigenvalue weighted by Gasteiger charge is 2.24. The topological polar surface area (TPSA) is 41.9 Å². The van der Waals surface area contributed by atoms with E-state index in [9.17, 15) is 13.9 Å². The van der Waals surface area contributed by atoms with Gasteiger partial charge in [0.2, 0.25) is 0 Å². The Labute approximate surface area is 180 Å². The van der Waals surface area contributed by atoms with E-state index in [1.54, 1.807) is 0 Å². The van der Waals surface area contributed by atoms with Crippen LogP contribution in [-0.4, -0.2) is 49.0 Å². The minimum Gasteiger partial charge on any atom is -0.490 e. The molecule has 0 radical (unpaired) electrons. The summed E-state index contributed by atoms with van der Waals surface area (Å²) in [4.78, 5) is 2.05. The van der Waals surface area contributed by atoms with E-state index in [0.717, 1.165) is 22.6 Å². The van der Waals surface area contributed by atoms with Crippen molar-refractivity contribution >= 4 is 23.2 Å². The van der Waals surface area contributed by atoms with Gasteiger partial charge >= 0.3 is 0 Å². The monoisotopic (exact) mass is 435 g/mol. The fourth-order valence-corrected chi connectivity index (χ4v) is 3.64. The van der Waals surface area contributed by atoms with Gasteiger partial charge in [0.15, 0.2) is 11.6 Å². The zero-order valence-corrected chi connectivity index (χ0v) is 17.2. The van der Waals surface area contributed by atoms with Gasteiger partial charge in [-0.2, -0.15) is 0 Å². The second kappa shape index (κ2) is 10.2. The Hall–Kier alpha value is -2.25. The van der Waals surface area contributed by atoms with Gasteiger partial charge in [-0.05, 0) is 29.1 Å². The number of benzene rings is 3. The molecule has 1 N–H and O–H groups in total. The number of morpholine rings is 1. The van der Waals surface area contributed by atoms with Crippen LogP contribution in [0.15, 0.2) is 60.7 Å². The Kier molecular flexibility index (Phi) is 7.61. The van der Waals surface area contributed by atoms with Gasteiger partial charge in [0.25, 0.3) is 0 Å². The van der Waals surface area contributed by atoms with E-state index < -0.39 is 17.7 Å². The van der Waals surface area contributed by atoms with Gasteiger partial charge in [-0.15, -0.1) is 12.4 Å². The smallest absolute Gasteiger partial charge is 0.159 e. The molecule has 160 valence electrons. The van der Waals surface area contributed by atoms with Crippen LogP contribution >= 0.6 is 12.4 Å². The lowest BCUT2D eigenvalue weighted by Gasteiger charge is -2.34. The molecule has 1 fully saturated rings. The van der Waals surface area contributed by atoms with Crippen molar-refractivity contribution < 1.29 is 23.4 Å². The van der Waals surface area contributed by atoms with Gasteiger partial charge in [-0.25, -0.2) is 8.78 Å². The van der Waals surface area contributed by atoms with Crippen molar-refractivity contribution in [3.8, 4) is 5.75 Å². The number of hydrogen-bond acceptors (Lipinski definition) is 4. The average Bonchev–Trinajstić information content (AvgIpc) is 2.74. The first-order valence-electron chi connectivity index (χ1n) is 9.67. The lowest BCUT2D eigenvalue weighted by molar-refractivity contribution is -0.0460. The summed E-state index contributed by atoms with van der Waals surface area (Å²) in [6, 6.07) is 17.6. The Morgan fingerprint density at radius 3 is 2.70 bits per heavy atom. The van der Waals surface area contributed by atoms with E-state index >= 15 is 0 Å². The van der Waals surface area contributed by atoms with Crippen LogP contribution in [0.4, 0.5) is 8.78 Å². The van der Waals surface area contributed by atoms with E-state index in [-0.39, 0.29) is 25.1 Å². The highest BCUT2D eigenvalue weighted by Crippen LogP contribution is 2.26. The summed E-state index contributed by atoms with van der Waals surface area (Å²) >= 11 is 0. The van der Waals surface area contributed by atoms with Crippen LogP contribution in [0.1, 0.15) is 11.7 Å². The summed E-state index contributed by atoms with van der Waals surface area (Å²) in [7, 11) is 0. The summed E-state index contributed by atoms with van der Waals surface area (Å²) in [6.45, 7) is 2.19. The molecule has 0 aliphatic carbocycles. The van der Waals surface area contributed by atoms with Gasteiger partial charge in [0.1, 0.15) is 18.5 Å². The lowest BCUT2D eigenvalue weighted by Crippen LogP contribution is -2.43. The average molecular weight is 436 g/mol. The number of rotatable bonds is 6. The van der Waals surface area contributed by atoms with Gasteiger partial charge < -0.3 is 14.6 Å². The molecule has 30 heavy (non-hydrogen) atoms. The van der Waals surface area contributed by atoms with Crippen molar-refractivity contribution in [2.75, 3.05) is 32.8 Å². The van der Waals surface area contributed by atoms with Crippen LogP contribution in [0.2, 0.25) is 0 Å². The Morgan fingerprint density at radius 2 is 1.87 bits per heavy atom. The molecule has 4 nitrogen and oxygen atoms in total. The molecule has 3 aromatic carbocycles. The fourth-order valence-electron chi connectivity index (χ4n) is 3.64. The Bertz CT molecular complexity index is 982. The van der Waals surface area contributed by atoms with Gasteiger partial charge in [-0.1, -0.05) is 42.5 Å². The highest BCUT2D eigenvalue weighted by atomic mass is 35.5. The van der Waals surface area contributed by atoms with Crippen molar-refractivity contribution in [3.63, 3.8) is 0 Å². The zero-order valence-electron chi connectivity index (χ0n) is 16.3. The van der Waals surface area contributed by atoms with E-state index in [1.165, 1.54) is 12.1 Å². The van der Waals surface area contributed by atoms with E-state index in [1.807, 2.05) is 47.4 Å². The number of hydrogen-bond donors (Lipinski definition) is 1. The quantitative estimate of drug-likeness (QED) is 0.625. The summed E-state index contributed by atoms with van der Waals surface area (Å²) in [5.41, 5.74) is 0.593. The molecule has 1 heterocycles. The van der Waals surface area contributed by atoms with Gasteiger partial charge in [-0.3, -0.25) is 4.90 Å². The number of halogens is 3. The van der Waals surface area contributed by atoms with Crippen molar-refractivity contribution in [2.24, 2.45) is 0 Å². The molecule has 0 amide bonds. The van der Waals surface area contributed by atoms with Crippen molar-refractivity contribution in [3.05, 3.63) is 77.9 Å². The van der Waals surface area contributed by atoms with Crippen LogP contribution in [-0.2, 0) is 4.74 Å². The normalized spacial score (nSPS) is 18.0. The number of fused-ring (bicyclic) bond motifs is 1. The first-order valence-corrected chi connectivity index (χ1v) is 9.67. The summed E-state index contributed by atoms with van der Waals surface area (Å²) < 4.78 is 38.2. The minimum absolute atomic E-state index is 0. The van der Waals surface area contributed by atoms with Crippen LogP contribution in [0.25, 0.3) is 10.8 Å². The summed E-state index contributed by atoms with van der Waals surface area (Å²) in [6.07, 6.45) is -1.04. The number of aliphatic hydroxyl groups is 1. The van der Waals surface area contributed by atoms with Crippen molar-refractivity contribution in [1.29, 1.82) is 0 Å². The third-order valence-corrected chi connectivity index (χ3v) is 5.12. The number of ether oxygens (including phenoxy) is 2. The van der Waals surface area contributed by atoms with E-state index in [0.29, 0.717) is 31.8 Å². The SMILES string of the molecule is Cl.OC(COc1cccc2ccccc12)CN1CCOC(c2ccc(F)c(F)c2)C1. The molecular formula is C23H24ClF2NO3. The molecule has 1 aliphatic heterocycles. The first kappa shape index (κ1) is 22.4. The Morgan fingerprint density at radius 1 is 1.07 bits per heavy atom. The molecule has 0 bridgehead atoms. The van der Waals surface area contributed by atoms with Crippen molar-refractivity contribution in [1.82, 2.24) is 4.90 Å². The third kappa shape index (κ3) is 5.26. The highest BCUT2D eigenvalue weighted by molar-refractivity contribution is 5.88. The predicted molar refractivity (Wildman–Crippen MR) is 114 cm³/mol. The molecule has 2 unspecified atom stereocenters. The second-order valence-corrected chi connectivity index (χ2v) is 7.23.